The average molecular weight is 441 g/mol. The Bertz CT molecular complexity index is 1100. The molecule has 0 aliphatic heterocycles. The van der Waals surface area contributed by atoms with Crippen LogP contribution in [-0.2, 0) is 4.79 Å². The Kier molecular flexibility index (Phi) is 7.12. The highest BCUT2D eigenvalue weighted by Gasteiger charge is 2.13. The molecule has 7 heteroatoms. The molecule has 0 fully saturated rings. The number of carbonyl (C=O) groups excluding carboxylic acids is 2. The van der Waals surface area contributed by atoms with E-state index in [2.05, 4.69) is 10.6 Å². The number of anilines is 2. The highest BCUT2D eigenvalue weighted by molar-refractivity contribution is 6.34. The van der Waals surface area contributed by atoms with E-state index in [-0.39, 0.29) is 11.8 Å². The molecule has 0 spiro atoms. The molecule has 3 aromatic carbocycles. The number of hydrogen-bond donors (Lipinski definition) is 2. The molecule has 0 aliphatic rings. The summed E-state index contributed by atoms with van der Waals surface area (Å²) in [5.74, 6) is -0.267. The molecule has 0 bridgehead atoms. The van der Waals surface area contributed by atoms with Crippen molar-refractivity contribution >= 4 is 52.5 Å². The molecule has 0 saturated carbocycles. The van der Waals surface area contributed by atoms with E-state index in [1.165, 1.54) is 13.2 Å². The van der Waals surface area contributed by atoms with E-state index in [9.17, 15) is 9.59 Å². The van der Waals surface area contributed by atoms with Gasteiger partial charge in [0.15, 0.2) is 0 Å². The molecule has 152 valence electrons. The second-order valence-corrected chi connectivity index (χ2v) is 7.07. The van der Waals surface area contributed by atoms with Gasteiger partial charge in [-0.25, -0.2) is 0 Å². The largest absolute Gasteiger partial charge is 0.494 e. The summed E-state index contributed by atoms with van der Waals surface area (Å²) < 4.78 is 5.35. The zero-order chi connectivity index (χ0) is 21.5. The van der Waals surface area contributed by atoms with Gasteiger partial charge in [-0.1, -0.05) is 47.5 Å². The lowest BCUT2D eigenvalue weighted by Crippen LogP contribution is -2.13. The van der Waals surface area contributed by atoms with Crippen LogP contribution in [-0.4, -0.2) is 18.9 Å². The van der Waals surface area contributed by atoms with E-state index in [4.69, 9.17) is 27.9 Å². The summed E-state index contributed by atoms with van der Waals surface area (Å²) >= 11 is 11.9. The Hall–Kier alpha value is -3.28. The molecular weight excluding hydrogens is 423 g/mol. The summed E-state index contributed by atoms with van der Waals surface area (Å²) in [7, 11) is 1.48. The maximum Gasteiger partial charge on any atom is 0.257 e. The van der Waals surface area contributed by atoms with Gasteiger partial charge in [0, 0.05) is 22.9 Å². The monoisotopic (exact) mass is 440 g/mol. The third-order valence-electron chi connectivity index (χ3n) is 4.13. The van der Waals surface area contributed by atoms with Crippen LogP contribution < -0.4 is 15.4 Å². The number of nitrogens with one attached hydrogen (secondary N) is 2. The third kappa shape index (κ3) is 5.63. The second-order valence-electron chi connectivity index (χ2n) is 6.22. The lowest BCUT2D eigenvalue weighted by molar-refractivity contribution is -0.111. The number of rotatable bonds is 6. The Balaban J connectivity index is 1.69. The molecule has 2 amide bonds. The van der Waals surface area contributed by atoms with E-state index >= 15 is 0 Å². The number of methoxy groups -OCH3 is 1. The van der Waals surface area contributed by atoms with E-state index in [0.29, 0.717) is 32.7 Å². The normalized spacial score (nSPS) is 10.6. The molecule has 0 saturated heterocycles. The fourth-order valence-electron chi connectivity index (χ4n) is 2.64. The minimum Gasteiger partial charge on any atom is -0.494 e. The molecule has 30 heavy (non-hydrogen) atoms. The zero-order valence-corrected chi connectivity index (χ0v) is 17.5. The van der Waals surface area contributed by atoms with E-state index in [1.54, 1.807) is 60.7 Å². The van der Waals surface area contributed by atoms with Crippen LogP contribution in [0.3, 0.4) is 0 Å². The van der Waals surface area contributed by atoms with Gasteiger partial charge in [-0.3, -0.25) is 9.59 Å². The topological polar surface area (TPSA) is 67.4 Å². The lowest BCUT2D eigenvalue weighted by Gasteiger charge is -2.13. The SMILES string of the molecule is COc1cc(NC(=O)/C=C/c2ccc(Cl)cc2)ccc1NC(=O)c1ccccc1Cl. The molecule has 0 aliphatic carbocycles. The third-order valence-corrected chi connectivity index (χ3v) is 4.71. The molecule has 0 heterocycles. The molecule has 3 rings (SSSR count). The first-order valence-electron chi connectivity index (χ1n) is 8.95. The molecule has 0 radical (unpaired) electrons. The van der Waals surface area contributed by atoms with Gasteiger partial charge in [-0.2, -0.15) is 0 Å². The van der Waals surface area contributed by atoms with Gasteiger partial charge >= 0.3 is 0 Å². The van der Waals surface area contributed by atoms with Crippen molar-refractivity contribution in [2.24, 2.45) is 0 Å². The van der Waals surface area contributed by atoms with Gasteiger partial charge in [-0.15, -0.1) is 0 Å². The Morgan fingerprint density at radius 3 is 2.37 bits per heavy atom. The number of amides is 2. The molecule has 0 unspecified atom stereocenters. The van der Waals surface area contributed by atoms with Crippen molar-refractivity contribution in [1.82, 2.24) is 0 Å². The van der Waals surface area contributed by atoms with Crippen molar-refractivity contribution in [3.63, 3.8) is 0 Å². The lowest BCUT2D eigenvalue weighted by atomic mass is 10.2. The van der Waals surface area contributed by atoms with Crippen LogP contribution in [0, 0.1) is 0 Å². The van der Waals surface area contributed by atoms with Gasteiger partial charge in [0.25, 0.3) is 5.91 Å². The van der Waals surface area contributed by atoms with Crippen LogP contribution in [0.1, 0.15) is 15.9 Å². The van der Waals surface area contributed by atoms with Crippen molar-refractivity contribution in [3.8, 4) is 5.75 Å². The summed E-state index contributed by atoms with van der Waals surface area (Å²) in [6.07, 6.45) is 3.10. The predicted molar refractivity (Wildman–Crippen MR) is 122 cm³/mol. The standard InChI is InChI=1S/C23H18Cl2N2O3/c1-30-21-14-17(26-22(28)13-8-15-6-9-16(24)10-7-15)11-12-20(21)27-23(29)18-4-2-3-5-19(18)25/h2-14H,1H3,(H,26,28)(H,27,29)/b13-8+. The molecule has 0 atom stereocenters. The van der Waals surface area contributed by atoms with Gasteiger partial charge in [0.2, 0.25) is 5.91 Å². The quantitative estimate of drug-likeness (QED) is 0.468. The fraction of sp³-hybridized carbons (Fsp3) is 0.0435. The van der Waals surface area contributed by atoms with Crippen molar-refractivity contribution in [1.29, 1.82) is 0 Å². The summed E-state index contributed by atoms with van der Waals surface area (Å²) in [5.41, 5.74) is 2.18. The smallest absolute Gasteiger partial charge is 0.257 e. The van der Waals surface area contributed by atoms with Crippen molar-refractivity contribution in [3.05, 3.63) is 94.0 Å². The molecule has 5 nitrogen and oxygen atoms in total. The van der Waals surface area contributed by atoms with Crippen LogP contribution in [0.4, 0.5) is 11.4 Å². The van der Waals surface area contributed by atoms with Gasteiger partial charge < -0.3 is 15.4 Å². The molecule has 0 aromatic heterocycles. The van der Waals surface area contributed by atoms with Crippen LogP contribution in [0.5, 0.6) is 5.75 Å². The fourth-order valence-corrected chi connectivity index (χ4v) is 2.98. The Morgan fingerprint density at radius 2 is 1.67 bits per heavy atom. The first-order chi connectivity index (χ1) is 14.5. The molecular formula is C23H18Cl2N2O3. The van der Waals surface area contributed by atoms with Crippen molar-refractivity contribution < 1.29 is 14.3 Å². The number of ether oxygens (including phenoxy) is 1. The highest BCUT2D eigenvalue weighted by Crippen LogP contribution is 2.29. The van der Waals surface area contributed by atoms with E-state index < -0.39 is 0 Å². The number of halogens is 2. The summed E-state index contributed by atoms with van der Waals surface area (Å²) in [5, 5.41) is 6.50. The number of benzene rings is 3. The Morgan fingerprint density at radius 1 is 0.933 bits per heavy atom. The molecule has 3 aromatic rings. The van der Waals surface area contributed by atoms with Crippen LogP contribution in [0.2, 0.25) is 10.0 Å². The number of hydrogen-bond acceptors (Lipinski definition) is 3. The average Bonchev–Trinajstić information content (AvgIpc) is 2.74. The van der Waals surface area contributed by atoms with Gasteiger partial charge in [-0.05, 0) is 48.0 Å². The summed E-state index contributed by atoms with van der Waals surface area (Å²) in [6.45, 7) is 0. The van der Waals surface area contributed by atoms with Gasteiger partial charge in [0.1, 0.15) is 5.75 Å². The first kappa shape index (κ1) is 21.4. The first-order valence-corrected chi connectivity index (χ1v) is 9.70. The highest BCUT2D eigenvalue weighted by atomic mass is 35.5. The minimum atomic E-state index is -0.360. The summed E-state index contributed by atoms with van der Waals surface area (Å²) in [6, 6.07) is 18.8. The maximum absolute atomic E-state index is 12.5. The Labute approximate surface area is 184 Å². The van der Waals surface area contributed by atoms with Crippen LogP contribution >= 0.6 is 23.2 Å². The van der Waals surface area contributed by atoms with Crippen molar-refractivity contribution in [2.45, 2.75) is 0 Å². The van der Waals surface area contributed by atoms with Crippen LogP contribution in [0.25, 0.3) is 6.08 Å². The number of carbonyl (C=O) groups is 2. The second kappa shape index (κ2) is 9.96. The molecule has 2 N–H and O–H groups in total. The van der Waals surface area contributed by atoms with E-state index in [1.807, 2.05) is 12.1 Å². The van der Waals surface area contributed by atoms with Crippen LogP contribution in [0.15, 0.2) is 72.8 Å². The van der Waals surface area contributed by atoms with E-state index in [0.717, 1.165) is 5.56 Å². The van der Waals surface area contributed by atoms with Crippen molar-refractivity contribution in [2.75, 3.05) is 17.7 Å². The zero-order valence-electron chi connectivity index (χ0n) is 16.0. The minimum absolute atomic E-state index is 0.306. The summed E-state index contributed by atoms with van der Waals surface area (Å²) in [4.78, 5) is 24.7. The maximum atomic E-state index is 12.5. The van der Waals surface area contributed by atoms with Gasteiger partial charge in [0.05, 0.1) is 23.4 Å². The predicted octanol–water partition coefficient (Wildman–Crippen LogP) is 5.91.